The second kappa shape index (κ2) is 4.37. The highest BCUT2D eigenvalue weighted by atomic mass is 127. The van der Waals surface area contributed by atoms with Gasteiger partial charge in [0.1, 0.15) is 6.07 Å². The van der Waals surface area contributed by atoms with Crippen molar-refractivity contribution in [1.29, 1.82) is 5.26 Å². The zero-order valence-electron chi connectivity index (χ0n) is 7.40. The maximum absolute atomic E-state index is 12.4. The lowest BCUT2D eigenvalue weighted by Crippen LogP contribution is -2.09. The molecule has 0 radical (unpaired) electrons. The van der Waals surface area contributed by atoms with Crippen molar-refractivity contribution in [2.45, 2.75) is 12.7 Å². The average Bonchev–Trinajstić information content (AvgIpc) is 2.15. The lowest BCUT2D eigenvalue weighted by Gasteiger charge is -2.10. The number of hydrogen-bond acceptors (Lipinski definition) is 2. The fourth-order valence-corrected chi connectivity index (χ4v) is 1.92. The summed E-state index contributed by atoms with van der Waals surface area (Å²) < 4.78 is 37.4. The van der Waals surface area contributed by atoms with E-state index in [9.17, 15) is 13.2 Å². The molecule has 1 aromatic carbocycles. The monoisotopic (exact) mass is 326 g/mol. The van der Waals surface area contributed by atoms with Crippen LogP contribution >= 0.6 is 22.6 Å². The molecule has 2 N–H and O–H groups in total. The van der Waals surface area contributed by atoms with E-state index in [1.165, 1.54) is 0 Å². The van der Waals surface area contributed by atoms with Gasteiger partial charge in [-0.15, -0.1) is 0 Å². The highest BCUT2D eigenvalue weighted by Crippen LogP contribution is 2.32. The third-order valence-electron chi connectivity index (χ3n) is 1.83. The van der Waals surface area contributed by atoms with Crippen LogP contribution in [0.15, 0.2) is 12.1 Å². The van der Waals surface area contributed by atoms with Gasteiger partial charge in [-0.05, 0) is 40.3 Å². The molecule has 0 saturated heterocycles. The summed E-state index contributed by atoms with van der Waals surface area (Å²) in [7, 11) is 0. The Labute approximate surface area is 98.0 Å². The quantitative estimate of drug-likeness (QED) is 0.807. The van der Waals surface area contributed by atoms with Gasteiger partial charge in [0.25, 0.3) is 0 Å². The smallest absolute Gasteiger partial charge is 0.326 e. The summed E-state index contributed by atoms with van der Waals surface area (Å²) in [5.74, 6) is 0. The topological polar surface area (TPSA) is 49.8 Å². The fraction of sp³-hybridized carbons (Fsp3) is 0.222. The van der Waals surface area contributed by atoms with E-state index in [0.29, 0.717) is 0 Å². The van der Waals surface area contributed by atoms with E-state index in [0.717, 1.165) is 12.1 Å². The summed E-state index contributed by atoms with van der Waals surface area (Å²) in [6, 6.07) is 3.70. The molecule has 2 nitrogen and oxygen atoms in total. The van der Waals surface area contributed by atoms with E-state index in [-0.39, 0.29) is 21.2 Å². The molecule has 15 heavy (non-hydrogen) atoms. The van der Waals surface area contributed by atoms with Gasteiger partial charge in [-0.25, -0.2) is 0 Å². The standard InChI is InChI=1S/C9H6F3IN2/c10-9(11,12)6-1-5(3-14)7(4-15)8(13)2-6/h1-2H,3,14H2. The van der Waals surface area contributed by atoms with Crippen molar-refractivity contribution in [2.24, 2.45) is 5.73 Å². The van der Waals surface area contributed by atoms with Crippen LogP contribution in [0.5, 0.6) is 0 Å². The lowest BCUT2D eigenvalue weighted by atomic mass is 10.0. The minimum Gasteiger partial charge on any atom is -0.326 e. The summed E-state index contributed by atoms with van der Waals surface area (Å²) >= 11 is 1.70. The molecule has 0 heterocycles. The molecular weight excluding hydrogens is 320 g/mol. The summed E-state index contributed by atoms with van der Waals surface area (Å²) in [6.07, 6.45) is -4.40. The predicted octanol–water partition coefficient (Wildman–Crippen LogP) is 2.64. The molecule has 0 aromatic heterocycles. The van der Waals surface area contributed by atoms with E-state index >= 15 is 0 Å². The molecule has 0 aliphatic heterocycles. The zero-order valence-corrected chi connectivity index (χ0v) is 9.56. The molecule has 6 heteroatoms. The van der Waals surface area contributed by atoms with Gasteiger partial charge >= 0.3 is 6.18 Å². The van der Waals surface area contributed by atoms with Crippen molar-refractivity contribution < 1.29 is 13.2 Å². The van der Waals surface area contributed by atoms with Gasteiger partial charge < -0.3 is 5.73 Å². The van der Waals surface area contributed by atoms with Gasteiger partial charge in [-0.2, -0.15) is 18.4 Å². The molecule has 0 aliphatic rings. The average molecular weight is 326 g/mol. The molecule has 1 aromatic rings. The van der Waals surface area contributed by atoms with E-state index in [1.807, 2.05) is 6.07 Å². The minimum atomic E-state index is -4.40. The zero-order chi connectivity index (χ0) is 11.6. The number of nitrogens with two attached hydrogens (primary N) is 1. The molecule has 0 bridgehead atoms. The van der Waals surface area contributed by atoms with Crippen molar-refractivity contribution >= 4 is 22.6 Å². The number of rotatable bonds is 1. The lowest BCUT2D eigenvalue weighted by molar-refractivity contribution is -0.137. The molecular formula is C9H6F3IN2. The maximum atomic E-state index is 12.4. The molecule has 1 rings (SSSR count). The first-order valence-electron chi connectivity index (χ1n) is 3.90. The number of benzene rings is 1. The first-order chi connectivity index (χ1) is 6.90. The van der Waals surface area contributed by atoms with Crippen molar-refractivity contribution in [3.63, 3.8) is 0 Å². The van der Waals surface area contributed by atoms with E-state index in [1.54, 1.807) is 22.6 Å². The van der Waals surface area contributed by atoms with Crippen LogP contribution in [0.4, 0.5) is 13.2 Å². The Kier molecular flexibility index (Phi) is 3.57. The van der Waals surface area contributed by atoms with Crippen LogP contribution in [0.25, 0.3) is 0 Å². The summed E-state index contributed by atoms with van der Waals surface area (Å²) in [5.41, 5.74) is 4.95. The van der Waals surface area contributed by atoms with Crippen LogP contribution < -0.4 is 5.73 Å². The molecule has 0 fully saturated rings. The van der Waals surface area contributed by atoms with Crippen LogP contribution in [0.2, 0.25) is 0 Å². The van der Waals surface area contributed by atoms with Crippen LogP contribution in [-0.4, -0.2) is 0 Å². The molecule has 0 unspecified atom stereocenters. The number of hydrogen-bond donors (Lipinski definition) is 1. The van der Waals surface area contributed by atoms with E-state index < -0.39 is 11.7 Å². The predicted molar refractivity (Wildman–Crippen MR) is 56.8 cm³/mol. The minimum absolute atomic E-state index is 0.0805. The van der Waals surface area contributed by atoms with Crippen molar-refractivity contribution in [2.75, 3.05) is 0 Å². The molecule has 0 atom stereocenters. The van der Waals surface area contributed by atoms with E-state index in [2.05, 4.69) is 0 Å². The van der Waals surface area contributed by atoms with Gasteiger partial charge in [-0.1, -0.05) is 0 Å². The van der Waals surface area contributed by atoms with Crippen LogP contribution in [-0.2, 0) is 12.7 Å². The van der Waals surface area contributed by atoms with Crippen LogP contribution in [0.1, 0.15) is 16.7 Å². The number of nitriles is 1. The summed E-state index contributed by atoms with van der Waals surface area (Å²) in [5, 5.41) is 8.73. The molecule has 0 saturated carbocycles. The Balaban J connectivity index is 3.40. The number of nitrogens with zero attached hydrogens (tertiary/aromatic N) is 1. The Morgan fingerprint density at radius 2 is 2.00 bits per heavy atom. The third-order valence-corrected chi connectivity index (χ3v) is 2.68. The summed E-state index contributed by atoms with van der Waals surface area (Å²) in [6.45, 7) is -0.0805. The molecule has 0 spiro atoms. The van der Waals surface area contributed by atoms with Gasteiger partial charge in [-0.3, -0.25) is 0 Å². The highest BCUT2D eigenvalue weighted by Gasteiger charge is 2.31. The van der Waals surface area contributed by atoms with Crippen LogP contribution in [0, 0.1) is 14.9 Å². The Bertz CT molecular complexity index is 421. The van der Waals surface area contributed by atoms with E-state index in [4.69, 9.17) is 11.0 Å². The number of alkyl halides is 3. The first-order valence-corrected chi connectivity index (χ1v) is 4.97. The molecule has 0 amide bonds. The first kappa shape index (κ1) is 12.3. The Morgan fingerprint density at radius 3 is 2.40 bits per heavy atom. The third kappa shape index (κ3) is 2.60. The van der Waals surface area contributed by atoms with Crippen molar-refractivity contribution in [3.05, 3.63) is 32.4 Å². The Morgan fingerprint density at radius 1 is 1.40 bits per heavy atom. The second-order valence-electron chi connectivity index (χ2n) is 2.81. The van der Waals surface area contributed by atoms with Gasteiger partial charge in [0, 0.05) is 10.1 Å². The number of halogens is 4. The Hall–Kier alpha value is -0.810. The van der Waals surface area contributed by atoms with Gasteiger partial charge in [0.2, 0.25) is 0 Å². The maximum Gasteiger partial charge on any atom is 0.416 e. The molecule has 80 valence electrons. The second-order valence-corrected chi connectivity index (χ2v) is 3.97. The van der Waals surface area contributed by atoms with Gasteiger partial charge in [0.15, 0.2) is 0 Å². The SMILES string of the molecule is N#Cc1c(I)cc(C(F)(F)F)cc1CN. The normalized spacial score (nSPS) is 11.2. The van der Waals surface area contributed by atoms with Crippen molar-refractivity contribution in [3.8, 4) is 6.07 Å². The van der Waals surface area contributed by atoms with Crippen LogP contribution in [0.3, 0.4) is 0 Å². The highest BCUT2D eigenvalue weighted by molar-refractivity contribution is 14.1. The fourth-order valence-electron chi connectivity index (χ4n) is 1.11. The van der Waals surface area contributed by atoms with Gasteiger partial charge in [0.05, 0.1) is 11.1 Å². The summed E-state index contributed by atoms with van der Waals surface area (Å²) in [4.78, 5) is 0. The van der Waals surface area contributed by atoms with Crippen molar-refractivity contribution in [1.82, 2.24) is 0 Å². The largest absolute Gasteiger partial charge is 0.416 e. The molecule has 0 aliphatic carbocycles.